The largest absolute Gasteiger partial charge is 0.380 e. The summed E-state index contributed by atoms with van der Waals surface area (Å²) in [6.45, 7) is 8.85. The van der Waals surface area contributed by atoms with Crippen molar-refractivity contribution in [3.8, 4) is 0 Å². The summed E-state index contributed by atoms with van der Waals surface area (Å²) in [6.07, 6.45) is 2.56. The Morgan fingerprint density at radius 2 is 2.43 bits per heavy atom. The van der Waals surface area contributed by atoms with Gasteiger partial charge in [-0.2, -0.15) is 0 Å². The Morgan fingerprint density at radius 3 is 3.29 bits per heavy atom. The Hall–Kier alpha value is -0.120. The smallest absolute Gasteiger partial charge is 0.0593 e. The van der Waals surface area contributed by atoms with Crippen LogP contribution < -0.4 is 5.32 Å². The first kappa shape index (κ1) is 10.4. The third kappa shape index (κ3) is 2.27. The van der Waals surface area contributed by atoms with Gasteiger partial charge in [0.1, 0.15) is 0 Å². The van der Waals surface area contributed by atoms with Gasteiger partial charge in [-0.3, -0.25) is 4.90 Å². The van der Waals surface area contributed by atoms with Gasteiger partial charge in [-0.1, -0.05) is 6.92 Å². The number of nitrogens with zero attached hydrogens (tertiary/aromatic N) is 1. The van der Waals surface area contributed by atoms with Crippen LogP contribution in [0.5, 0.6) is 0 Å². The van der Waals surface area contributed by atoms with E-state index in [1.165, 1.54) is 25.9 Å². The highest BCUT2D eigenvalue weighted by Crippen LogP contribution is 2.21. The third-order valence-corrected chi connectivity index (χ3v) is 3.40. The molecule has 0 aliphatic carbocycles. The van der Waals surface area contributed by atoms with Crippen molar-refractivity contribution in [2.75, 3.05) is 39.4 Å². The Balaban J connectivity index is 1.99. The van der Waals surface area contributed by atoms with Crippen molar-refractivity contribution in [2.45, 2.75) is 25.8 Å². The maximum atomic E-state index is 5.66. The first-order valence-corrected chi connectivity index (χ1v) is 5.94. The molecule has 1 N–H and O–H groups in total. The summed E-state index contributed by atoms with van der Waals surface area (Å²) in [6, 6.07) is 0.777. The molecule has 82 valence electrons. The van der Waals surface area contributed by atoms with Crippen LogP contribution in [-0.2, 0) is 4.74 Å². The summed E-state index contributed by atoms with van der Waals surface area (Å²) in [5, 5.41) is 3.47. The molecule has 2 saturated heterocycles. The second-order valence-corrected chi connectivity index (χ2v) is 4.43. The Morgan fingerprint density at radius 1 is 1.50 bits per heavy atom. The van der Waals surface area contributed by atoms with Crippen molar-refractivity contribution < 1.29 is 4.74 Å². The average Bonchev–Trinajstić information content (AvgIpc) is 2.42. The van der Waals surface area contributed by atoms with Crippen LogP contribution in [0, 0.1) is 5.92 Å². The molecule has 2 aliphatic heterocycles. The van der Waals surface area contributed by atoms with Gasteiger partial charge in [0.15, 0.2) is 0 Å². The van der Waals surface area contributed by atoms with Crippen LogP contribution >= 0.6 is 0 Å². The van der Waals surface area contributed by atoms with Gasteiger partial charge in [0.05, 0.1) is 13.2 Å². The minimum Gasteiger partial charge on any atom is -0.380 e. The Kier molecular flexibility index (Phi) is 3.79. The molecule has 2 heterocycles. The fourth-order valence-corrected chi connectivity index (χ4v) is 2.71. The van der Waals surface area contributed by atoms with Gasteiger partial charge in [-0.05, 0) is 25.9 Å². The number of hydrogen-bond donors (Lipinski definition) is 1. The van der Waals surface area contributed by atoms with Crippen molar-refractivity contribution in [1.29, 1.82) is 0 Å². The topological polar surface area (TPSA) is 24.5 Å². The quantitative estimate of drug-likeness (QED) is 0.707. The summed E-state index contributed by atoms with van der Waals surface area (Å²) in [5.41, 5.74) is 0. The van der Waals surface area contributed by atoms with E-state index in [1.54, 1.807) is 0 Å². The Labute approximate surface area is 86.8 Å². The first-order chi connectivity index (χ1) is 6.92. The van der Waals surface area contributed by atoms with E-state index in [0.29, 0.717) is 0 Å². The number of fused-ring (bicyclic) bond motifs is 1. The zero-order valence-corrected chi connectivity index (χ0v) is 9.17. The average molecular weight is 198 g/mol. The summed E-state index contributed by atoms with van der Waals surface area (Å²) in [4.78, 5) is 2.64. The van der Waals surface area contributed by atoms with Gasteiger partial charge in [-0.25, -0.2) is 0 Å². The van der Waals surface area contributed by atoms with Crippen molar-refractivity contribution >= 4 is 0 Å². The van der Waals surface area contributed by atoms with E-state index >= 15 is 0 Å². The number of nitrogens with one attached hydrogen (secondary N) is 1. The van der Waals surface area contributed by atoms with E-state index in [9.17, 15) is 0 Å². The molecule has 0 aromatic rings. The highest BCUT2D eigenvalue weighted by molar-refractivity contribution is 4.86. The maximum Gasteiger partial charge on any atom is 0.0593 e. The van der Waals surface area contributed by atoms with Crippen LogP contribution in [0.1, 0.15) is 19.8 Å². The summed E-state index contributed by atoms with van der Waals surface area (Å²) < 4.78 is 5.66. The van der Waals surface area contributed by atoms with Crippen LogP contribution in [-0.4, -0.2) is 50.3 Å². The minimum absolute atomic E-state index is 0.720. The predicted molar refractivity (Wildman–Crippen MR) is 57.4 cm³/mol. The summed E-state index contributed by atoms with van der Waals surface area (Å²) >= 11 is 0. The van der Waals surface area contributed by atoms with Crippen molar-refractivity contribution in [1.82, 2.24) is 10.2 Å². The van der Waals surface area contributed by atoms with Crippen LogP contribution in [0.2, 0.25) is 0 Å². The summed E-state index contributed by atoms with van der Waals surface area (Å²) in [5.74, 6) is 0.720. The number of ether oxygens (including phenoxy) is 1. The summed E-state index contributed by atoms with van der Waals surface area (Å²) in [7, 11) is 0. The third-order valence-electron chi connectivity index (χ3n) is 3.40. The van der Waals surface area contributed by atoms with E-state index in [-0.39, 0.29) is 0 Å². The molecule has 3 heteroatoms. The van der Waals surface area contributed by atoms with E-state index in [0.717, 1.165) is 38.3 Å². The highest BCUT2D eigenvalue weighted by atomic mass is 16.5. The predicted octanol–water partition coefficient (Wildman–Crippen LogP) is 0.707. The molecular formula is C11H22N2O. The molecule has 14 heavy (non-hydrogen) atoms. The van der Waals surface area contributed by atoms with Gasteiger partial charge in [0.25, 0.3) is 0 Å². The van der Waals surface area contributed by atoms with Crippen LogP contribution in [0.3, 0.4) is 0 Å². The molecule has 0 radical (unpaired) electrons. The SMILES string of the molecule is CCCN1CCOC[C@H]2CNCC[C@@H]21. The lowest BCUT2D eigenvalue weighted by molar-refractivity contribution is 0.102. The molecule has 0 spiro atoms. The number of rotatable bonds is 2. The van der Waals surface area contributed by atoms with E-state index in [2.05, 4.69) is 17.1 Å². The molecule has 0 amide bonds. The lowest BCUT2D eigenvalue weighted by Crippen LogP contribution is -2.50. The first-order valence-electron chi connectivity index (χ1n) is 5.94. The van der Waals surface area contributed by atoms with E-state index in [1.807, 2.05) is 0 Å². The minimum atomic E-state index is 0.720. The molecule has 0 unspecified atom stereocenters. The standard InChI is InChI=1S/C11H22N2O/c1-2-5-13-6-7-14-9-10-8-12-4-3-11(10)13/h10-12H,2-9H2,1H3/t10-,11+/m1/s1. The molecule has 0 saturated carbocycles. The van der Waals surface area contributed by atoms with Crippen molar-refractivity contribution in [2.24, 2.45) is 5.92 Å². The van der Waals surface area contributed by atoms with E-state index < -0.39 is 0 Å². The van der Waals surface area contributed by atoms with Crippen molar-refractivity contribution in [3.05, 3.63) is 0 Å². The van der Waals surface area contributed by atoms with Gasteiger partial charge in [-0.15, -0.1) is 0 Å². The molecule has 0 aromatic heterocycles. The normalized spacial score (nSPS) is 34.9. The fraction of sp³-hybridized carbons (Fsp3) is 1.00. The molecular weight excluding hydrogens is 176 g/mol. The molecule has 2 rings (SSSR count). The maximum absolute atomic E-state index is 5.66. The zero-order chi connectivity index (χ0) is 9.80. The van der Waals surface area contributed by atoms with Crippen LogP contribution in [0.25, 0.3) is 0 Å². The lowest BCUT2D eigenvalue weighted by Gasteiger charge is -2.37. The molecule has 0 bridgehead atoms. The number of hydrogen-bond acceptors (Lipinski definition) is 3. The number of piperidine rings is 1. The second kappa shape index (κ2) is 5.10. The lowest BCUT2D eigenvalue weighted by atomic mass is 9.93. The van der Waals surface area contributed by atoms with Gasteiger partial charge >= 0.3 is 0 Å². The molecule has 2 fully saturated rings. The van der Waals surface area contributed by atoms with Gasteiger partial charge in [0, 0.05) is 25.0 Å². The van der Waals surface area contributed by atoms with Gasteiger partial charge in [0.2, 0.25) is 0 Å². The monoisotopic (exact) mass is 198 g/mol. The molecule has 3 nitrogen and oxygen atoms in total. The second-order valence-electron chi connectivity index (χ2n) is 4.43. The van der Waals surface area contributed by atoms with Crippen molar-refractivity contribution in [3.63, 3.8) is 0 Å². The molecule has 0 aromatic carbocycles. The zero-order valence-electron chi connectivity index (χ0n) is 9.17. The molecule has 2 aliphatic rings. The van der Waals surface area contributed by atoms with Crippen LogP contribution in [0.4, 0.5) is 0 Å². The fourth-order valence-electron chi connectivity index (χ4n) is 2.71. The van der Waals surface area contributed by atoms with Gasteiger partial charge < -0.3 is 10.1 Å². The van der Waals surface area contributed by atoms with E-state index in [4.69, 9.17) is 4.74 Å². The highest BCUT2D eigenvalue weighted by Gasteiger charge is 2.31. The van der Waals surface area contributed by atoms with Crippen LogP contribution in [0.15, 0.2) is 0 Å². The Bertz CT molecular complexity index is 175. The molecule has 2 atom stereocenters.